The minimum atomic E-state index is -0.337. The summed E-state index contributed by atoms with van der Waals surface area (Å²) in [5, 5.41) is 3.22. The highest BCUT2D eigenvalue weighted by Gasteiger charge is 2.53. The first kappa shape index (κ1) is 15.8. The SMILES string of the molecule is C[C@H]1[C@@H](c2ccccc2)N(C(=O)[C@H]2N[C@@H]2c2ccccc2)C(=O)N1C. The molecule has 25 heavy (non-hydrogen) atoms. The van der Waals surface area contributed by atoms with E-state index in [-0.39, 0.29) is 36.1 Å². The van der Waals surface area contributed by atoms with E-state index in [9.17, 15) is 9.59 Å². The van der Waals surface area contributed by atoms with E-state index in [2.05, 4.69) is 5.32 Å². The van der Waals surface area contributed by atoms with Gasteiger partial charge in [-0.05, 0) is 18.1 Å². The zero-order chi connectivity index (χ0) is 17.6. The molecule has 0 saturated carbocycles. The van der Waals surface area contributed by atoms with Crippen molar-refractivity contribution in [3.05, 3.63) is 71.8 Å². The van der Waals surface area contributed by atoms with Gasteiger partial charge in [-0.2, -0.15) is 0 Å². The van der Waals surface area contributed by atoms with Crippen molar-refractivity contribution in [2.24, 2.45) is 0 Å². The largest absolute Gasteiger partial charge is 0.327 e. The van der Waals surface area contributed by atoms with Crippen LogP contribution in [0.25, 0.3) is 0 Å². The molecule has 2 heterocycles. The molecule has 5 heteroatoms. The van der Waals surface area contributed by atoms with Crippen molar-refractivity contribution >= 4 is 11.9 Å². The van der Waals surface area contributed by atoms with Gasteiger partial charge in [0.2, 0.25) is 5.91 Å². The summed E-state index contributed by atoms with van der Waals surface area (Å²) in [6, 6.07) is 18.7. The minimum Gasteiger partial charge on any atom is -0.322 e. The molecule has 5 nitrogen and oxygen atoms in total. The van der Waals surface area contributed by atoms with E-state index >= 15 is 0 Å². The summed E-state index contributed by atoms with van der Waals surface area (Å²) in [6.07, 6.45) is 0. The first-order valence-electron chi connectivity index (χ1n) is 8.55. The van der Waals surface area contributed by atoms with Crippen LogP contribution in [0.3, 0.4) is 0 Å². The fourth-order valence-electron chi connectivity index (χ4n) is 3.65. The van der Waals surface area contributed by atoms with Crippen molar-refractivity contribution in [3.8, 4) is 0 Å². The molecule has 4 rings (SSSR count). The first-order valence-corrected chi connectivity index (χ1v) is 8.55. The molecule has 1 N–H and O–H groups in total. The fraction of sp³-hybridized carbons (Fsp3) is 0.300. The van der Waals surface area contributed by atoms with Gasteiger partial charge in [-0.25, -0.2) is 4.79 Å². The Morgan fingerprint density at radius 3 is 2.12 bits per heavy atom. The van der Waals surface area contributed by atoms with Crippen LogP contribution in [0.5, 0.6) is 0 Å². The third kappa shape index (κ3) is 2.61. The number of nitrogens with zero attached hydrogens (tertiary/aromatic N) is 2. The van der Waals surface area contributed by atoms with E-state index in [0.717, 1.165) is 11.1 Å². The van der Waals surface area contributed by atoms with Gasteiger partial charge in [-0.1, -0.05) is 60.7 Å². The second-order valence-corrected chi connectivity index (χ2v) is 6.73. The van der Waals surface area contributed by atoms with Gasteiger partial charge in [0.05, 0.1) is 18.1 Å². The summed E-state index contributed by atoms with van der Waals surface area (Å²) in [6.45, 7) is 1.98. The van der Waals surface area contributed by atoms with Crippen molar-refractivity contribution < 1.29 is 9.59 Å². The number of rotatable bonds is 3. The quantitative estimate of drug-likeness (QED) is 0.877. The molecule has 2 aromatic carbocycles. The standard InChI is InChI=1S/C20H21N3O2/c1-13-18(15-11-7-4-8-12-15)23(20(25)22(13)2)19(24)17-16(21-17)14-9-5-3-6-10-14/h3-13,16-18,21H,1-2H3/t13-,16+,17-,18-/m0/s1. The van der Waals surface area contributed by atoms with E-state index in [4.69, 9.17) is 0 Å². The van der Waals surface area contributed by atoms with Crippen LogP contribution in [0.2, 0.25) is 0 Å². The molecule has 128 valence electrons. The van der Waals surface area contributed by atoms with Gasteiger partial charge in [0.1, 0.15) is 6.04 Å². The highest BCUT2D eigenvalue weighted by molar-refractivity contribution is 6.01. The van der Waals surface area contributed by atoms with Crippen LogP contribution in [-0.4, -0.2) is 40.9 Å². The lowest BCUT2D eigenvalue weighted by Crippen LogP contribution is -2.39. The van der Waals surface area contributed by atoms with Crippen molar-refractivity contribution in [1.82, 2.24) is 15.1 Å². The van der Waals surface area contributed by atoms with E-state index in [1.54, 1.807) is 11.9 Å². The predicted octanol–water partition coefficient (Wildman–Crippen LogP) is 2.72. The molecule has 2 fully saturated rings. The maximum Gasteiger partial charge on any atom is 0.327 e. The van der Waals surface area contributed by atoms with Gasteiger partial charge in [-0.15, -0.1) is 0 Å². The van der Waals surface area contributed by atoms with Gasteiger partial charge in [0.15, 0.2) is 0 Å². The van der Waals surface area contributed by atoms with Gasteiger partial charge in [0.25, 0.3) is 0 Å². The Morgan fingerprint density at radius 2 is 1.52 bits per heavy atom. The number of hydrogen-bond donors (Lipinski definition) is 1. The Morgan fingerprint density at radius 1 is 0.960 bits per heavy atom. The number of urea groups is 1. The highest BCUT2D eigenvalue weighted by atomic mass is 16.2. The predicted molar refractivity (Wildman–Crippen MR) is 94.8 cm³/mol. The molecule has 2 aliphatic rings. The maximum atomic E-state index is 13.1. The number of carbonyl (C=O) groups excluding carboxylic acids is 2. The van der Waals surface area contributed by atoms with E-state index in [1.807, 2.05) is 67.6 Å². The lowest BCUT2D eigenvalue weighted by atomic mass is 10.00. The second-order valence-electron chi connectivity index (χ2n) is 6.73. The molecular formula is C20H21N3O2. The normalized spacial score (nSPS) is 28.3. The van der Waals surface area contributed by atoms with Crippen LogP contribution in [-0.2, 0) is 4.79 Å². The number of benzene rings is 2. The molecule has 2 saturated heterocycles. The molecule has 3 amide bonds. The van der Waals surface area contributed by atoms with Crippen molar-refractivity contribution in [2.45, 2.75) is 31.1 Å². The number of hydrogen-bond acceptors (Lipinski definition) is 3. The van der Waals surface area contributed by atoms with Crippen LogP contribution in [0, 0.1) is 0 Å². The third-order valence-electron chi connectivity index (χ3n) is 5.24. The molecule has 2 aliphatic heterocycles. The molecule has 0 aromatic heterocycles. The summed E-state index contributed by atoms with van der Waals surface area (Å²) >= 11 is 0. The van der Waals surface area contributed by atoms with Gasteiger partial charge >= 0.3 is 6.03 Å². The van der Waals surface area contributed by atoms with Crippen LogP contribution in [0.1, 0.15) is 30.1 Å². The molecule has 4 atom stereocenters. The molecule has 0 bridgehead atoms. The Kier molecular flexibility index (Phi) is 3.81. The Balaban J connectivity index is 1.61. The summed E-state index contributed by atoms with van der Waals surface area (Å²) in [4.78, 5) is 28.9. The topological polar surface area (TPSA) is 62.6 Å². The average Bonchev–Trinajstić information content (AvgIpc) is 3.42. The van der Waals surface area contributed by atoms with E-state index < -0.39 is 0 Å². The van der Waals surface area contributed by atoms with Crippen molar-refractivity contribution in [1.29, 1.82) is 0 Å². The molecule has 0 spiro atoms. The molecule has 2 aromatic rings. The Labute approximate surface area is 147 Å². The van der Waals surface area contributed by atoms with Crippen LogP contribution < -0.4 is 5.32 Å². The van der Waals surface area contributed by atoms with Crippen LogP contribution in [0.15, 0.2) is 60.7 Å². The number of carbonyl (C=O) groups is 2. The number of likely N-dealkylation sites (N-methyl/N-ethyl adjacent to an activating group) is 1. The average molecular weight is 335 g/mol. The van der Waals surface area contributed by atoms with Gasteiger partial charge < -0.3 is 4.90 Å². The zero-order valence-electron chi connectivity index (χ0n) is 14.3. The second kappa shape index (κ2) is 6.01. The Hall–Kier alpha value is -2.66. The number of amides is 3. The third-order valence-corrected chi connectivity index (χ3v) is 5.24. The fourth-order valence-corrected chi connectivity index (χ4v) is 3.65. The summed E-state index contributed by atoms with van der Waals surface area (Å²) in [7, 11) is 1.76. The minimum absolute atomic E-state index is 0.0147. The van der Waals surface area contributed by atoms with Gasteiger partial charge in [0, 0.05) is 7.05 Å². The lowest BCUT2D eigenvalue weighted by Gasteiger charge is -2.24. The van der Waals surface area contributed by atoms with Crippen molar-refractivity contribution in [3.63, 3.8) is 0 Å². The van der Waals surface area contributed by atoms with E-state index in [0.29, 0.717) is 0 Å². The Bertz CT molecular complexity index is 793. The lowest BCUT2D eigenvalue weighted by molar-refractivity contribution is -0.129. The summed E-state index contributed by atoms with van der Waals surface area (Å²) in [5.41, 5.74) is 2.06. The molecule has 0 unspecified atom stereocenters. The van der Waals surface area contributed by atoms with Crippen molar-refractivity contribution in [2.75, 3.05) is 7.05 Å². The molecular weight excluding hydrogens is 314 g/mol. The molecule has 0 aliphatic carbocycles. The smallest absolute Gasteiger partial charge is 0.322 e. The number of imide groups is 1. The van der Waals surface area contributed by atoms with Crippen LogP contribution in [0.4, 0.5) is 4.79 Å². The van der Waals surface area contributed by atoms with Crippen LogP contribution >= 0.6 is 0 Å². The maximum absolute atomic E-state index is 13.1. The molecule has 0 radical (unpaired) electrons. The summed E-state index contributed by atoms with van der Waals surface area (Å²) in [5.74, 6) is -0.149. The zero-order valence-corrected chi connectivity index (χ0v) is 14.3. The van der Waals surface area contributed by atoms with E-state index in [1.165, 1.54) is 4.90 Å². The highest BCUT2D eigenvalue weighted by Crippen LogP contribution is 2.38. The summed E-state index contributed by atoms with van der Waals surface area (Å²) < 4.78 is 0. The monoisotopic (exact) mass is 335 g/mol. The first-order chi connectivity index (χ1) is 12.1. The number of nitrogens with one attached hydrogen (secondary N) is 1. The van der Waals surface area contributed by atoms with Gasteiger partial charge in [-0.3, -0.25) is 15.0 Å².